The number of hydrogen-bond acceptors (Lipinski definition) is 2. The molecule has 2 heteroatoms. The van der Waals surface area contributed by atoms with Gasteiger partial charge >= 0.3 is 0 Å². The topological polar surface area (TPSA) is 29.1 Å². The van der Waals surface area contributed by atoms with Gasteiger partial charge in [0.15, 0.2) is 0 Å². The average molecular weight is 205 g/mol. The molecule has 0 fully saturated rings. The van der Waals surface area contributed by atoms with Crippen LogP contribution in [0.4, 0.5) is 0 Å². The normalized spacial score (nSPS) is 14.5. The highest BCUT2D eigenvalue weighted by atomic mass is 16.1. The summed E-state index contributed by atoms with van der Waals surface area (Å²) in [5.41, 5.74) is 1.29. The van der Waals surface area contributed by atoms with Crippen molar-refractivity contribution in [3.63, 3.8) is 0 Å². The molecule has 0 amide bonds. The molecule has 0 bridgehead atoms. The quantitative estimate of drug-likeness (QED) is 0.723. The minimum atomic E-state index is 0.341. The van der Waals surface area contributed by atoms with Crippen LogP contribution in [0.2, 0.25) is 0 Å². The molecule has 0 saturated carbocycles. The smallest absolute Gasteiger partial charge is 0.120 e. The van der Waals surface area contributed by atoms with Crippen LogP contribution < -0.4 is 5.32 Å². The van der Waals surface area contributed by atoms with Crippen molar-refractivity contribution in [2.24, 2.45) is 0 Å². The Hall–Kier alpha value is -1.15. The molecular weight excluding hydrogens is 186 g/mol. The van der Waals surface area contributed by atoms with Gasteiger partial charge < -0.3 is 10.1 Å². The van der Waals surface area contributed by atoms with Gasteiger partial charge in [-0.05, 0) is 25.8 Å². The molecule has 15 heavy (non-hydrogen) atoms. The molecule has 0 radical (unpaired) electrons. The lowest BCUT2D eigenvalue weighted by Crippen LogP contribution is -2.28. The van der Waals surface area contributed by atoms with Crippen molar-refractivity contribution >= 4 is 6.29 Å². The number of nitrogens with one attached hydrogen (secondary N) is 1. The van der Waals surface area contributed by atoms with Crippen molar-refractivity contribution in [1.29, 1.82) is 0 Å². The van der Waals surface area contributed by atoms with Crippen LogP contribution in [-0.4, -0.2) is 12.3 Å². The van der Waals surface area contributed by atoms with Crippen LogP contribution in [0.15, 0.2) is 30.3 Å². The number of hydrogen-bond donors (Lipinski definition) is 1. The van der Waals surface area contributed by atoms with Gasteiger partial charge in [-0.3, -0.25) is 0 Å². The van der Waals surface area contributed by atoms with Crippen LogP contribution in [0.3, 0.4) is 0 Å². The number of aldehydes is 1. The molecule has 0 spiro atoms. The molecule has 1 aromatic carbocycles. The van der Waals surface area contributed by atoms with Gasteiger partial charge in [0.25, 0.3) is 0 Å². The Morgan fingerprint density at radius 3 is 2.53 bits per heavy atom. The predicted octanol–water partition coefficient (Wildman–Crippen LogP) is 2.70. The summed E-state index contributed by atoms with van der Waals surface area (Å²) in [4.78, 5) is 10.2. The second-order valence-corrected chi connectivity index (χ2v) is 3.94. The summed E-state index contributed by atoms with van der Waals surface area (Å²) >= 11 is 0. The van der Waals surface area contributed by atoms with Crippen LogP contribution in [0.5, 0.6) is 0 Å². The maximum atomic E-state index is 10.2. The standard InChI is InChI=1S/C13H19NO/c1-11(7-6-10-15)14-12(2)13-8-4-3-5-9-13/h3-5,8-12,14H,6-7H2,1-2H3. The summed E-state index contributed by atoms with van der Waals surface area (Å²) in [6, 6.07) is 11.1. The molecule has 0 heterocycles. The van der Waals surface area contributed by atoms with E-state index in [9.17, 15) is 4.79 Å². The van der Waals surface area contributed by atoms with Gasteiger partial charge in [-0.15, -0.1) is 0 Å². The maximum absolute atomic E-state index is 10.2. The Morgan fingerprint density at radius 2 is 1.93 bits per heavy atom. The Balaban J connectivity index is 2.41. The van der Waals surface area contributed by atoms with Crippen LogP contribution in [0.25, 0.3) is 0 Å². The van der Waals surface area contributed by atoms with E-state index < -0.39 is 0 Å². The van der Waals surface area contributed by atoms with E-state index in [-0.39, 0.29) is 0 Å². The van der Waals surface area contributed by atoms with E-state index in [1.165, 1.54) is 5.56 Å². The molecule has 0 saturated heterocycles. The monoisotopic (exact) mass is 205 g/mol. The van der Waals surface area contributed by atoms with Gasteiger partial charge in [0.1, 0.15) is 6.29 Å². The van der Waals surface area contributed by atoms with Crippen molar-refractivity contribution in [2.75, 3.05) is 0 Å². The van der Waals surface area contributed by atoms with Gasteiger partial charge in [0, 0.05) is 18.5 Å². The SMILES string of the molecule is CC(CCC=O)NC(C)c1ccccc1. The van der Waals surface area contributed by atoms with E-state index in [1.54, 1.807) is 0 Å². The largest absolute Gasteiger partial charge is 0.308 e. The fourth-order valence-electron chi connectivity index (χ4n) is 1.67. The van der Waals surface area contributed by atoms with E-state index in [1.807, 2.05) is 18.2 Å². The average Bonchev–Trinajstić information content (AvgIpc) is 2.27. The molecule has 0 aliphatic carbocycles. The zero-order chi connectivity index (χ0) is 11.1. The lowest BCUT2D eigenvalue weighted by atomic mass is 10.1. The van der Waals surface area contributed by atoms with E-state index >= 15 is 0 Å². The predicted molar refractivity (Wildman–Crippen MR) is 62.8 cm³/mol. The van der Waals surface area contributed by atoms with Gasteiger partial charge in [-0.2, -0.15) is 0 Å². The molecule has 1 N–H and O–H groups in total. The first-order valence-corrected chi connectivity index (χ1v) is 5.48. The molecule has 0 aliphatic rings. The lowest BCUT2D eigenvalue weighted by Gasteiger charge is -2.19. The number of benzene rings is 1. The van der Waals surface area contributed by atoms with Crippen molar-refractivity contribution in [1.82, 2.24) is 5.32 Å². The number of carbonyl (C=O) groups is 1. The Morgan fingerprint density at radius 1 is 1.27 bits per heavy atom. The van der Waals surface area contributed by atoms with Crippen molar-refractivity contribution in [3.8, 4) is 0 Å². The van der Waals surface area contributed by atoms with E-state index in [0.717, 1.165) is 12.7 Å². The van der Waals surface area contributed by atoms with Crippen LogP contribution in [0, 0.1) is 0 Å². The van der Waals surface area contributed by atoms with Crippen molar-refractivity contribution in [2.45, 2.75) is 38.8 Å². The zero-order valence-electron chi connectivity index (χ0n) is 9.44. The van der Waals surface area contributed by atoms with Crippen molar-refractivity contribution in [3.05, 3.63) is 35.9 Å². The molecule has 0 aliphatic heterocycles. The van der Waals surface area contributed by atoms with Crippen LogP contribution in [0.1, 0.15) is 38.3 Å². The highest BCUT2D eigenvalue weighted by Crippen LogP contribution is 2.12. The summed E-state index contributed by atoms with van der Waals surface area (Å²) in [6.07, 6.45) is 2.52. The van der Waals surface area contributed by atoms with Crippen LogP contribution in [-0.2, 0) is 4.79 Å². The Bertz CT molecular complexity index is 284. The molecule has 1 rings (SSSR count). The molecule has 2 atom stereocenters. The first-order chi connectivity index (χ1) is 7.24. The molecular formula is C13H19NO. The first kappa shape index (κ1) is 11.9. The highest BCUT2D eigenvalue weighted by molar-refractivity contribution is 5.49. The summed E-state index contributed by atoms with van der Waals surface area (Å²) in [7, 11) is 0. The first-order valence-electron chi connectivity index (χ1n) is 5.48. The zero-order valence-corrected chi connectivity index (χ0v) is 9.44. The maximum Gasteiger partial charge on any atom is 0.120 e. The van der Waals surface area contributed by atoms with E-state index in [0.29, 0.717) is 18.5 Å². The van der Waals surface area contributed by atoms with Crippen molar-refractivity contribution < 1.29 is 4.79 Å². The Labute approximate surface area is 91.7 Å². The molecule has 1 aromatic rings. The lowest BCUT2D eigenvalue weighted by molar-refractivity contribution is -0.108. The number of carbonyl (C=O) groups excluding carboxylic acids is 1. The highest BCUT2D eigenvalue weighted by Gasteiger charge is 2.08. The van der Waals surface area contributed by atoms with Gasteiger partial charge in [0.2, 0.25) is 0 Å². The summed E-state index contributed by atoms with van der Waals surface area (Å²) < 4.78 is 0. The summed E-state index contributed by atoms with van der Waals surface area (Å²) in [5.74, 6) is 0. The third-order valence-corrected chi connectivity index (χ3v) is 2.55. The van der Waals surface area contributed by atoms with Gasteiger partial charge in [-0.1, -0.05) is 30.3 Å². The molecule has 2 nitrogen and oxygen atoms in total. The minimum absolute atomic E-state index is 0.341. The molecule has 82 valence electrons. The van der Waals surface area contributed by atoms with Crippen LogP contribution >= 0.6 is 0 Å². The number of rotatable bonds is 6. The van der Waals surface area contributed by atoms with E-state index in [4.69, 9.17) is 0 Å². The molecule has 2 unspecified atom stereocenters. The fourth-order valence-corrected chi connectivity index (χ4v) is 1.67. The summed E-state index contributed by atoms with van der Waals surface area (Å²) in [5, 5.41) is 3.47. The third-order valence-electron chi connectivity index (χ3n) is 2.55. The Kier molecular flexibility index (Phi) is 5.05. The third kappa shape index (κ3) is 4.26. The minimum Gasteiger partial charge on any atom is -0.308 e. The summed E-state index contributed by atoms with van der Waals surface area (Å²) in [6.45, 7) is 4.26. The molecule has 0 aromatic heterocycles. The van der Waals surface area contributed by atoms with Gasteiger partial charge in [-0.25, -0.2) is 0 Å². The van der Waals surface area contributed by atoms with Gasteiger partial charge in [0.05, 0.1) is 0 Å². The second-order valence-electron chi connectivity index (χ2n) is 3.94. The fraction of sp³-hybridized carbons (Fsp3) is 0.462. The second kappa shape index (κ2) is 6.36. The van der Waals surface area contributed by atoms with E-state index in [2.05, 4.69) is 31.3 Å².